The molecule has 0 unspecified atom stereocenters. The van der Waals surface area contributed by atoms with E-state index in [1.54, 1.807) is 0 Å². The minimum absolute atomic E-state index is 0.489. The quantitative estimate of drug-likeness (QED) is 0.0971. The summed E-state index contributed by atoms with van der Waals surface area (Å²) >= 11 is 0.489. The molecule has 0 amide bonds. The van der Waals surface area contributed by atoms with E-state index in [-0.39, 0.29) is 0 Å². The monoisotopic (exact) mass is 512 g/mol. The third kappa shape index (κ3) is 9.42. The van der Waals surface area contributed by atoms with Crippen molar-refractivity contribution >= 4 is 24.3 Å². The Kier molecular flexibility index (Phi) is 12.3. The molecule has 0 saturated heterocycles. The first kappa shape index (κ1) is 26.2. The molecule has 0 spiro atoms. The van der Waals surface area contributed by atoms with Crippen LogP contribution in [0.1, 0.15) is 113 Å². The number of aryl methyl sites for hydroxylation is 2. The maximum atomic E-state index is 2.53. The van der Waals surface area contributed by atoms with E-state index < -0.39 is 0 Å². The number of hydrogen-bond acceptors (Lipinski definition) is 0. The Labute approximate surface area is 209 Å². The van der Waals surface area contributed by atoms with Crippen LogP contribution in [-0.2, 0) is 13.0 Å². The van der Waals surface area contributed by atoms with Crippen molar-refractivity contribution in [3.63, 3.8) is 0 Å². The van der Waals surface area contributed by atoms with Crippen LogP contribution in [0.25, 0.3) is 9.78 Å². The summed E-state index contributed by atoms with van der Waals surface area (Å²) in [7, 11) is 0. The van der Waals surface area contributed by atoms with Gasteiger partial charge in [0.15, 0.2) is 0 Å². The predicted molar refractivity (Wildman–Crippen MR) is 145 cm³/mol. The van der Waals surface area contributed by atoms with Crippen LogP contribution in [0.2, 0.25) is 0 Å². The van der Waals surface area contributed by atoms with Gasteiger partial charge in [-0.1, -0.05) is 64.7 Å². The molecule has 3 rings (SSSR count). The normalized spacial score (nSPS) is 11.5. The molecule has 2 aromatic carbocycles. The van der Waals surface area contributed by atoms with Crippen molar-refractivity contribution in [3.05, 3.63) is 64.2 Å². The third-order valence-corrected chi connectivity index (χ3v) is 9.21. The van der Waals surface area contributed by atoms with Crippen molar-refractivity contribution in [1.82, 2.24) is 0 Å². The van der Waals surface area contributed by atoms with E-state index in [1.165, 1.54) is 122 Å². The van der Waals surface area contributed by atoms with Crippen LogP contribution in [0.5, 0.6) is 0 Å². The van der Waals surface area contributed by atoms with Crippen molar-refractivity contribution < 1.29 is 4.57 Å². The fourth-order valence-corrected chi connectivity index (χ4v) is 7.08. The van der Waals surface area contributed by atoms with Crippen LogP contribution >= 0.6 is 0 Å². The Hall–Kier alpha value is -1.37. The fraction of sp³-hybridized carbons (Fsp3) is 0.581. The molecule has 0 aliphatic rings. The summed E-state index contributed by atoms with van der Waals surface area (Å²) in [5.41, 5.74) is 4.39. The second kappa shape index (κ2) is 15.5. The second-order valence-electron chi connectivity index (χ2n) is 9.84. The van der Waals surface area contributed by atoms with Crippen LogP contribution < -0.4 is 4.57 Å². The number of benzene rings is 2. The molecule has 1 aromatic heterocycles. The Morgan fingerprint density at radius 2 is 1.21 bits per heavy atom. The molecule has 180 valence electrons. The van der Waals surface area contributed by atoms with Crippen LogP contribution in [0, 0.1) is 6.92 Å². The molecule has 33 heavy (non-hydrogen) atoms. The van der Waals surface area contributed by atoms with E-state index in [0.29, 0.717) is 14.5 Å². The molecular weight excluding hydrogens is 465 g/mol. The van der Waals surface area contributed by atoms with Crippen molar-refractivity contribution in [1.29, 1.82) is 0 Å². The predicted octanol–water partition coefficient (Wildman–Crippen LogP) is 8.56. The van der Waals surface area contributed by atoms with Crippen LogP contribution in [0.4, 0.5) is 0 Å². The number of aromatic nitrogens is 1. The van der Waals surface area contributed by atoms with Gasteiger partial charge >= 0.3 is 145 Å². The van der Waals surface area contributed by atoms with Crippen molar-refractivity contribution in [2.45, 2.75) is 117 Å². The van der Waals surface area contributed by atoms with Crippen LogP contribution in [0.3, 0.4) is 0 Å². The first-order valence-corrected chi connectivity index (χ1v) is 15.4. The molecule has 0 aliphatic heterocycles. The van der Waals surface area contributed by atoms with Crippen molar-refractivity contribution in [2.24, 2.45) is 0 Å². The van der Waals surface area contributed by atoms with E-state index >= 15 is 0 Å². The van der Waals surface area contributed by atoms with Gasteiger partial charge in [-0.05, 0) is 0 Å². The summed E-state index contributed by atoms with van der Waals surface area (Å²) in [6, 6.07) is 18.3. The van der Waals surface area contributed by atoms with Gasteiger partial charge in [-0.3, -0.25) is 0 Å². The van der Waals surface area contributed by atoms with E-state index in [2.05, 4.69) is 66.9 Å². The Morgan fingerprint density at radius 1 is 0.636 bits per heavy atom. The van der Waals surface area contributed by atoms with E-state index in [9.17, 15) is 0 Å². The number of para-hydroxylation sites is 1. The Morgan fingerprint density at radius 3 is 1.88 bits per heavy atom. The molecule has 0 bridgehead atoms. The van der Waals surface area contributed by atoms with Gasteiger partial charge in [0.05, 0.1) is 0 Å². The summed E-state index contributed by atoms with van der Waals surface area (Å²) in [5.74, 6) is 0. The Balaban J connectivity index is 1.27. The molecule has 0 atom stereocenters. The molecule has 0 N–H and O–H groups in total. The van der Waals surface area contributed by atoms with Gasteiger partial charge in [-0.25, -0.2) is 0 Å². The number of nitrogens with zero attached hydrogens (tertiary/aromatic N) is 1. The number of rotatable bonds is 17. The summed E-state index contributed by atoms with van der Waals surface area (Å²) in [6.07, 6.45) is 21.2. The number of fused-ring (bicyclic) bond motifs is 1. The molecule has 1 heterocycles. The molecule has 1 nitrogen and oxygen atoms in total. The van der Waals surface area contributed by atoms with Gasteiger partial charge in [0.25, 0.3) is 0 Å². The standard InChI is InChI=1S/C31H46NSe/c1-3-4-5-6-7-8-9-10-11-12-13-14-15-16-20-28-21-19-22-29(25-28)26-32-27(2)33-31-24-18-17-23-30(31)32/h17-19,21-25H,3-16,20,26H2,1-2H3/q+1. The minimum atomic E-state index is 0.489. The molecule has 3 aromatic rings. The van der Waals surface area contributed by atoms with Crippen molar-refractivity contribution in [2.75, 3.05) is 0 Å². The molecular formula is C31H46NSe+. The Bertz CT molecular complexity index is 926. The van der Waals surface area contributed by atoms with E-state index in [0.717, 1.165) is 6.54 Å². The maximum absolute atomic E-state index is 2.53. The zero-order chi connectivity index (χ0) is 23.1. The summed E-state index contributed by atoms with van der Waals surface area (Å²) < 4.78 is 5.59. The third-order valence-electron chi connectivity index (χ3n) is 6.94. The molecule has 0 aliphatic carbocycles. The van der Waals surface area contributed by atoms with Gasteiger partial charge < -0.3 is 0 Å². The first-order chi connectivity index (χ1) is 16.3. The van der Waals surface area contributed by atoms with E-state index in [4.69, 9.17) is 0 Å². The van der Waals surface area contributed by atoms with Gasteiger partial charge in [0.1, 0.15) is 0 Å². The number of unbranched alkanes of at least 4 members (excludes halogenated alkanes) is 13. The SMILES string of the molecule is CCCCCCCCCCCCCCCCc1cccc(C[n+]2c(C)[se]c3ccccc32)c1. The van der Waals surface area contributed by atoms with Gasteiger partial charge in [0, 0.05) is 0 Å². The molecule has 0 radical (unpaired) electrons. The van der Waals surface area contributed by atoms with Crippen LogP contribution in [-0.4, -0.2) is 14.5 Å². The van der Waals surface area contributed by atoms with E-state index in [1.807, 2.05) is 0 Å². The second-order valence-corrected chi connectivity index (χ2v) is 12.4. The topological polar surface area (TPSA) is 3.88 Å². The molecule has 0 fully saturated rings. The zero-order valence-electron chi connectivity index (χ0n) is 21.3. The van der Waals surface area contributed by atoms with Gasteiger partial charge in [0.2, 0.25) is 0 Å². The zero-order valence-corrected chi connectivity index (χ0v) is 23.0. The summed E-state index contributed by atoms with van der Waals surface area (Å²) in [5, 5.41) is 0. The average molecular weight is 512 g/mol. The molecule has 2 heteroatoms. The fourth-order valence-electron chi connectivity index (χ4n) is 4.94. The molecule has 0 saturated carbocycles. The van der Waals surface area contributed by atoms with Crippen LogP contribution in [0.15, 0.2) is 48.5 Å². The van der Waals surface area contributed by atoms with Gasteiger partial charge in [-0.15, -0.1) is 0 Å². The summed E-state index contributed by atoms with van der Waals surface area (Å²) in [4.78, 5) is 0. The van der Waals surface area contributed by atoms with Crippen molar-refractivity contribution in [3.8, 4) is 0 Å². The summed E-state index contributed by atoms with van der Waals surface area (Å²) in [6.45, 7) is 5.61. The number of hydrogen-bond donors (Lipinski definition) is 0. The van der Waals surface area contributed by atoms with Gasteiger partial charge in [-0.2, -0.15) is 0 Å². The average Bonchev–Trinajstić information content (AvgIpc) is 3.14. The first-order valence-electron chi connectivity index (χ1n) is 13.7.